The summed E-state index contributed by atoms with van der Waals surface area (Å²) in [4.78, 5) is 12.6. The number of hydrogen-bond donors (Lipinski definition) is 0. The maximum absolute atomic E-state index is 6.69. The highest BCUT2D eigenvalue weighted by Crippen LogP contribution is 2.43. The summed E-state index contributed by atoms with van der Waals surface area (Å²) < 4.78 is 11.1. The Kier molecular flexibility index (Phi) is 8.30. The van der Waals surface area contributed by atoms with Gasteiger partial charge >= 0.3 is 0 Å². The van der Waals surface area contributed by atoms with Crippen molar-refractivity contribution in [1.82, 2.24) is 19.1 Å². The van der Waals surface area contributed by atoms with Gasteiger partial charge in [0, 0.05) is 52.7 Å². The van der Waals surface area contributed by atoms with Crippen LogP contribution < -0.4 is 30.4 Å². The number of anilines is 3. The molecule has 8 aromatic carbocycles. The van der Waals surface area contributed by atoms with Crippen LogP contribution >= 0.6 is 0 Å². The number of benzene rings is 8. The number of aryl methyl sites for hydroxylation is 1. The standard InChI is InChI=1S/C55H39N5OSi/c1-58-47-30-12-11-29-46(47)57-54(58)38-18-15-22-41(36-38)61-42-23-16-21-40(37-42)60-49-33-34-50-53(52(49)45-28-17-35-56-55(45)60)62(43-24-7-3-8-25-43,44-26-9-4-10-27-44)51-32-14-13-31-48(51)59(50)39-19-5-2-6-20-39/h2-37H,1H3. The maximum Gasteiger partial charge on any atom is 0.184 e. The van der Waals surface area contributed by atoms with Gasteiger partial charge in [-0.3, -0.25) is 4.57 Å². The summed E-state index contributed by atoms with van der Waals surface area (Å²) in [6.45, 7) is 0. The van der Waals surface area contributed by atoms with Crippen molar-refractivity contribution in [3.8, 4) is 28.6 Å². The van der Waals surface area contributed by atoms with Crippen molar-refractivity contribution >= 4 is 78.9 Å². The fraction of sp³-hybridized carbons (Fsp3) is 0.0182. The Morgan fingerprint density at radius 3 is 1.95 bits per heavy atom. The van der Waals surface area contributed by atoms with E-state index in [-0.39, 0.29) is 0 Å². The van der Waals surface area contributed by atoms with Crippen LogP contribution in [0.4, 0.5) is 17.1 Å². The van der Waals surface area contributed by atoms with Crippen LogP contribution in [-0.4, -0.2) is 27.2 Å². The Balaban J connectivity index is 1.09. The van der Waals surface area contributed by atoms with Gasteiger partial charge in [0.25, 0.3) is 0 Å². The van der Waals surface area contributed by atoms with Gasteiger partial charge in [0.2, 0.25) is 0 Å². The van der Waals surface area contributed by atoms with Crippen LogP contribution in [0.5, 0.6) is 11.5 Å². The van der Waals surface area contributed by atoms with Gasteiger partial charge in [0.1, 0.15) is 23.0 Å². The maximum atomic E-state index is 6.69. The molecule has 11 aromatic rings. The molecule has 62 heavy (non-hydrogen) atoms. The first-order chi connectivity index (χ1) is 30.7. The van der Waals surface area contributed by atoms with E-state index >= 15 is 0 Å². The summed E-state index contributed by atoms with van der Waals surface area (Å²) in [6, 6.07) is 76.0. The lowest BCUT2D eigenvalue weighted by atomic mass is 10.1. The lowest BCUT2D eigenvalue weighted by Gasteiger charge is -2.45. The average Bonchev–Trinajstić information content (AvgIpc) is 3.86. The molecule has 0 radical (unpaired) electrons. The van der Waals surface area contributed by atoms with Crippen LogP contribution in [0.15, 0.2) is 219 Å². The summed E-state index contributed by atoms with van der Waals surface area (Å²) >= 11 is 0. The zero-order valence-corrected chi connectivity index (χ0v) is 34.9. The second-order valence-corrected chi connectivity index (χ2v) is 19.5. The van der Waals surface area contributed by atoms with Gasteiger partial charge in [-0.1, -0.05) is 127 Å². The third kappa shape index (κ3) is 5.42. The second-order valence-electron chi connectivity index (χ2n) is 15.8. The quantitative estimate of drug-likeness (QED) is 0.150. The van der Waals surface area contributed by atoms with Crippen LogP contribution in [0.2, 0.25) is 0 Å². The molecule has 0 saturated carbocycles. The highest BCUT2D eigenvalue weighted by atomic mass is 28.3. The number of pyridine rings is 1. The van der Waals surface area contributed by atoms with Gasteiger partial charge in [-0.15, -0.1) is 0 Å². The molecule has 0 saturated heterocycles. The van der Waals surface area contributed by atoms with E-state index in [2.05, 4.69) is 197 Å². The summed E-state index contributed by atoms with van der Waals surface area (Å²) in [5.74, 6) is 2.36. The number of aromatic nitrogens is 4. The molecular weight excluding hydrogens is 775 g/mol. The normalized spacial score (nSPS) is 13.0. The van der Waals surface area contributed by atoms with Gasteiger partial charge in [-0.25, -0.2) is 9.97 Å². The topological polar surface area (TPSA) is 48.1 Å². The van der Waals surface area contributed by atoms with E-state index < -0.39 is 8.07 Å². The Bertz CT molecular complexity index is 3430. The molecule has 294 valence electrons. The van der Waals surface area contributed by atoms with Crippen molar-refractivity contribution in [2.75, 3.05) is 4.90 Å². The Morgan fingerprint density at radius 1 is 0.516 bits per heavy atom. The number of ether oxygens (including phenoxy) is 1. The van der Waals surface area contributed by atoms with Crippen LogP contribution in [0.3, 0.4) is 0 Å². The fourth-order valence-electron chi connectivity index (χ4n) is 9.92. The Morgan fingerprint density at radius 2 is 1.18 bits per heavy atom. The van der Waals surface area contributed by atoms with Gasteiger partial charge in [0.15, 0.2) is 8.07 Å². The molecular formula is C55H39N5OSi. The average molecular weight is 814 g/mol. The first kappa shape index (κ1) is 35.9. The fourth-order valence-corrected chi connectivity index (χ4v) is 15.3. The SMILES string of the molecule is Cn1c(-c2cccc(Oc3cccc(-n4c5ccc6c(c5c5cccnc54)[Si](c4ccccc4)(c4ccccc4)c4ccccc4N6c4ccccc4)c3)c2)nc2ccccc21. The summed E-state index contributed by atoms with van der Waals surface area (Å²) in [5, 5.41) is 7.68. The minimum Gasteiger partial charge on any atom is -0.457 e. The second kappa shape index (κ2) is 14.3. The van der Waals surface area contributed by atoms with E-state index in [4.69, 9.17) is 14.7 Å². The van der Waals surface area contributed by atoms with Gasteiger partial charge in [-0.2, -0.15) is 0 Å². The number of rotatable bonds is 7. The Labute approximate surface area is 360 Å². The third-order valence-electron chi connectivity index (χ3n) is 12.5. The van der Waals surface area contributed by atoms with Gasteiger partial charge in [-0.05, 0) is 99.6 Å². The summed E-state index contributed by atoms with van der Waals surface area (Å²) in [7, 11) is -0.987. The molecule has 0 amide bonds. The molecule has 3 aromatic heterocycles. The zero-order valence-electron chi connectivity index (χ0n) is 33.9. The smallest absolute Gasteiger partial charge is 0.184 e. The molecule has 0 fully saturated rings. The minimum atomic E-state index is -3.05. The monoisotopic (exact) mass is 813 g/mol. The van der Waals surface area contributed by atoms with Crippen molar-refractivity contribution in [3.05, 3.63) is 219 Å². The molecule has 1 aliphatic heterocycles. The molecule has 7 heteroatoms. The molecule has 6 nitrogen and oxygen atoms in total. The molecule has 4 heterocycles. The molecule has 1 aliphatic rings. The molecule has 0 N–H and O–H groups in total. The van der Waals surface area contributed by atoms with E-state index in [1.807, 2.05) is 42.6 Å². The lowest BCUT2D eigenvalue weighted by Crippen LogP contribution is -2.77. The number of imidazole rings is 1. The van der Waals surface area contributed by atoms with Crippen LogP contribution in [0.25, 0.3) is 50.0 Å². The van der Waals surface area contributed by atoms with E-state index in [9.17, 15) is 0 Å². The van der Waals surface area contributed by atoms with Crippen LogP contribution in [-0.2, 0) is 7.05 Å². The van der Waals surface area contributed by atoms with E-state index in [1.165, 1.54) is 37.5 Å². The van der Waals surface area contributed by atoms with Crippen molar-refractivity contribution in [2.24, 2.45) is 7.05 Å². The number of para-hydroxylation sites is 4. The Hall–Kier alpha value is -8.00. The van der Waals surface area contributed by atoms with Crippen molar-refractivity contribution < 1.29 is 4.74 Å². The van der Waals surface area contributed by atoms with Crippen molar-refractivity contribution in [2.45, 2.75) is 0 Å². The predicted molar refractivity (Wildman–Crippen MR) is 257 cm³/mol. The van der Waals surface area contributed by atoms with Gasteiger partial charge < -0.3 is 14.2 Å². The van der Waals surface area contributed by atoms with E-state index in [0.29, 0.717) is 0 Å². The predicted octanol–water partition coefficient (Wildman–Crippen LogP) is 10.7. The number of hydrogen-bond acceptors (Lipinski definition) is 4. The third-order valence-corrected chi connectivity index (χ3v) is 17.3. The molecule has 0 unspecified atom stereocenters. The molecule has 0 atom stereocenters. The number of fused-ring (bicyclic) bond motifs is 7. The van der Waals surface area contributed by atoms with Crippen molar-refractivity contribution in [1.29, 1.82) is 0 Å². The van der Waals surface area contributed by atoms with E-state index in [0.717, 1.165) is 61.8 Å². The summed E-state index contributed by atoms with van der Waals surface area (Å²) in [6.07, 6.45) is 1.90. The zero-order chi connectivity index (χ0) is 41.2. The molecule has 0 spiro atoms. The van der Waals surface area contributed by atoms with Crippen molar-refractivity contribution in [3.63, 3.8) is 0 Å². The van der Waals surface area contributed by atoms with Crippen LogP contribution in [0, 0.1) is 0 Å². The largest absolute Gasteiger partial charge is 0.457 e. The van der Waals surface area contributed by atoms with Crippen LogP contribution in [0.1, 0.15) is 0 Å². The van der Waals surface area contributed by atoms with E-state index in [1.54, 1.807) is 0 Å². The summed E-state index contributed by atoms with van der Waals surface area (Å²) in [5.41, 5.74) is 9.51. The molecule has 0 aliphatic carbocycles. The first-order valence-electron chi connectivity index (χ1n) is 21.0. The minimum absolute atomic E-state index is 0.731. The van der Waals surface area contributed by atoms with Gasteiger partial charge in [0.05, 0.1) is 22.2 Å². The molecule has 12 rings (SSSR count). The lowest BCUT2D eigenvalue weighted by molar-refractivity contribution is 0.482. The number of nitrogens with zero attached hydrogens (tertiary/aromatic N) is 5. The highest BCUT2D eigenvalue weighted by Gasteiger charge is 2.50. The first-order valence-corrected chi connectivity index (χ1v) is 23.0. The highest BCUT2D eigenvalue weighted by molar-refractivity contribution is 7.22. The molecule has 0 bridgehead atoms.